The van der Waals surface area contributed by atoms with E-state index in [2.05, 4.69) is 6.92 Å². The maximum atomic E-state index is 10.3. The van der Waals surface area contributed by atoms with Crippen molar-refractivity contribution in [3.8, 4) is 0 Å². The third-order valence-electron chi connectivity index (χ3n) is 3.28. The number of carboxylic acid groups (broad SMARTS) is 1. The minimum atomic E-state index is -0.858. The van der Waals surface area contributed by atoms with Crippen LogP contribution in [0.4, 0.5) is 0 Å². The van der Waals surface area contributed by atoms with E-state index < -0.39 is 5.97 Å². The maximum Gasteiger partial charge on any atom is 0.303 e. The fraction of sp³-hybridized carbons (Fsp3) is 0.812. The number of hydrogen-bond acceptors (Lipinski definition) is 2. The molecule has 0 atom stereocenters. The minimum absolute atomic E-state index is 0.0140. The van der Waals surface area contributed by atoms with Crippen LogP contribution in [0.5, 0.6) is 0 Å². The number of unbranched alkanes of at least 4 members (excludes halogenated alkanes) is 9. The first-order valence-electron chi connectivity index (χ1n) is 7.76. The highest BCUT2D eigenvalue weighted by Gasteiger charge is 1.99. The average Bonchev–Trinajstić information content (AvgIpc) is 2.38. The van der Waals surface area contributed by atoms with Crippen LogP contribution in [0.1, 0.15) is 84.0 Å². The molecular formula is C16H30O3. The molecule has 0 unspecified atom stereocenters. The lowest BCUT2D eigenvalue weighted by molar-refractivity contribution is -0.137. The molecule has 0 amide bonds. The smallest absolute Gasteiger partial charge is 0.303 e. The van der Waals surface area contributed by atoms with Gasteiger partial charge in [0.2, 0.25) is 0 Å². The molecule has 0 aromatic carbocycles. The van der Waals surface area contributed by atoms with Crippen LogP contribution in [0, 0.1) is 0 Å². The summed E-state index contributed by atoms with van der Waals surface area (Å²) in [6.07, 6.45) is 14.5. The van der Waals surface area contributed by atoms with E-state index in [-0.39, 0.29) is 18.6 Å². The third kappa shape index (κ3) is 15.0. The SMILES string of the molecule is CCCCCCCCCCCC=C(O)CCC(=O)O. The molecule has 0 aromatic heterocycles. The molecule has 0 heterocycles. The first-order chi connectivity index (χ1) is 9.16. The third-order valence-corrected chi connectivity index (χ3v) is 3.28. The van der Waals surface area contributed by atoms with E-state index in [9.17, 15) is 9.90 Å². The zero-order valence-electron chi connectivity index (χ0n) is 12.4. The molecule has 3 heteroatoms. The first kappa shape index (κ1) is 18.0. The standard InChI is InChI=1S/C16H30O3/c1-2-3-4-5-6-7-8-9-10-11-12-15(17)13-14-16(18)19/h12,17H,2-11,13-14H2,1H3,(H,18,19). The molecule has 2 N–H and O–H groups in total. The van der Waals surface area contributed by atoms with Crippen LogP contribution in [0.3, 0.4) is 0 Å². The zero-order chi connectivity index (χ0) is 14.3. The predicted molar refractivity (Wildman–Crippen MR) is 79.4 cm³/mol. The second-order valence-corrected chi connectivity index (χ2v) is 5.21. The molecule has 0 aromatic rings. The van der Waals surface area contributed by atoms with Gasteiger partial charge in [0.1, 0.15) is 0 Å². The summed E-state index contributed by atoms with van der Waals surface area (Å²) in [5, 5.41) is 17.9. The van der Waals surface area contributed by atoms with Crippen molar-refractivity contribution in [3.63, 3.8) is 0 Å². The Kier molecular flexibility index (Phi) is 12.7. The number of aliphatic carboxylic acids is 1. The minimum Gasteiger partial charge on any atom is -0.513 e. The summed E-state index contributed by atoms with van der Waals surface area (Å²) in [7, 11) is 0. The molecule has 3 nitrogen and oxygen atoms in total. The number of allylic oxidation sites excluding steroid dienone is 2. The predicted octanol–water partition coefficient (Wildman–Crippen LogP) is 5.21. The summed E-state index contributed by atoms with van der Waals surface area (Å²) in [6, 6.07) is 0. The van der Waals surface area contributed by atoms with Crippen molar-refractivity contribution in [2.45, 2.75) is 84.0 Å². The highest BCUT2D eigenvalue weighted by Crippen LogP contribution is 2.11. The normalized spacial score (nSPS) is 11.7. The Morgan fingerprint density at radius 2 is 1.37 bits per heavy atom. The van der Waals surface area contributed by atoms with Crippen molar-refractivity contribution in [1.29, 1.82) is 0 Å². The Labute approximate surface area is 117 Å². The van der Waals surface area contributed by atoms with Crippen LogP contribution < -0.4 is 0 Å². The number of carbonyl (C=O) groups is 1. The van der Waals surface area contributed by atoms with Crippen LogP contribution in [-0.4, -0.2) is 16.2 Å². The van der Waals surface area contributed by atoms with Gasteiger partial charge in [0.15, 0.2) is 0 Å². The van der Waals surface area contributed by atoms with E-state index in [4.69, 9.17) is 5.11 Å². The molecule has 0 spiro atoms. The number of carboxylic acids is 1. The second-order valence-electron chi connectivity index (χ2n) is 5.21. The van der Waals surface area contributed by atoms with Crippen LogP contribution in [0.25, 0.3) is 0 Å². The van der Waals surface area contributed by atoms with Crippen molar-refractivity contribution >= 4 is 5.97 Å². The van der Waals surface area contributed by atoms with Crippen LogP contribution >= 0.6 is 0 Å². The van der Waals surface area contributed by atoms with E-state index in [1.165, 1.54) is 51.4 Å². The van der Waals surface area contributed by atoms with Gasteiger partial charge < -0.3 is 10.2 Å². The van der Waals surface area contributed by atoms with Crippen molar-refractivity contribution in [3.05, 3.63) is 11.8 Å². The molecule has 0 aliphatic rings. The second kappa shape index (κ2) is 13.4. The first-order valence-corrected chi connectivity index (χ1v) is 7.76. The van der Waals surface area contributed by atoms with Gasteiger partial charge in [-0.05, 0) is 18.9 Å². The Bertz CT molecular complexity index is 246. The molecule has 0 aliphatic carbocycles. The molecule has 112 valence electrons. The van der Waals surface area contributed by atoms with E-state index in [1.54, 1.807) is 6.08 Å². The summed E-state index contributed by atoms with van der Waals surface area (Å²) >= 11 is 0. The van der Waals surface area contributed by atoms with E-state index in [1.807, 2.05) is 0 Å². The Morgan fingerprint density at radius 1 is 0.842 bits per heavy atom. The van der Waals surface area contributed by atoms with Crippen LogP contribution in [0.2, 0.25) is 0 Å². The Morgan fingerprint density at radius 3 is 1.89 bits per heavy atom. The summed E-state index contributed by atoms with van der Waals surface area (Å²) in [5.41, 5.74) is 0. The topological polar surface area (TPSA) is 57.5 Å². The summed E-state index contributed by atoms with van der Waals surface area (Å²) < 4.78 is 0. The van der Waals surface area contributed by atoms with Crippen molar-refractivity contribution in [1.82, 2.24) is 0 Å². The van der Waals surface area contributed by atoms with Crippen molar-refractivity contribution < 1.29 is 15.0 Å². The molecule has 0 aliphatic heterocycles. The monoisotopic (exact) mass is 270 g/mol. The fourth-order valence-electron chi connectivity index (χ4n) is 2.06. The molecule has 0 saturated heterocycles. The summed E-state index contributed by atoms with van der Waals surface area (Å²) in [5.74, 6) is -0.634. The lowest BCUT2D eigenvalue weighted by atomic mass is 10.1. The summed E-state index contributed by atoms with van der Waals surface area (Å²) in [6.45, 7) is 2.24. The van der Waals surface area contributed by atoms with Crippen LogP contribution in [0.15, 0.2) is 11.8 Å². The van der Waals surface area contributed by atoms with E-state index in [0.717, 1.165) is 12.8 Å². The number of hydrogen-bond donors (Lipinski definition) is 2. The molecule has 19 heavy (non-hydrogen) atoms. The van der Waals surface area contributed by atoms with Gasteiger partial charge in [-0.1, -0.05) is 58.3 Å². The Balaban J connectivity index is 3.25. The number of aliphatic hydroxyl groups is 1. The molecular weight excluding hydrogens is 240 g/mol. The fourth-order valence-corrected chi connectivity index (χ4v) is 2.06. The van der Waals surface area contributed by atoms with Gasteiger partial charge in [-0.2, -0.15) is 0 Å². The van der Waals surface area contributed by atoms with E-state index in [0.29, 0.717) is 0 Å². The zero-order valence-corrected chi connectivity index (χ0v) is 12.4. The van der Waals surface area contributed by atoms with Gasteiger partial charge in [0, 0.05) is 6.42 Å². The quantitative estimate of drug-likeness (QED) is 0.356. The van der Waals surface area contributed by atoms with Gasteiger partial charge in [0.05, 0.1) is 12.2 Å². The number of aliphatic hydroxyl groups excluding tert-OH is 1. The van der Waals surface area contributed by atoms with E-state index >= 15 is 0 Å². The molecule has 0 bridgehead atoms. The highest BCUT2D eigenvalue weighted by atomic mass is 16.4. The van der Waals surface area contributed by atoms with Gasteiger partial charge >= 0.3 is 5.97 Å². The number of rotatable bonds is 13. The maximum absolute atomic E-state index is 10.3. The van der Waals surface area contributed by atoms with Gasteiger partial charge in [-0.3, -0.25) is 4.79 Å². The average molecular weight is 270 g/mol. The molecule has 0 saturated carbocycles. The van der Waals surface area contributed by atoms with Crippen molar-refractivity contribution in [2.24, 2.45) is 0 Å². The largest absolute Gasteiger partial charge is 0.513 e. The molecule has 0 radical (unpaired) electrons. The lowest BCUT2D eigenvalue weighted by Crippen LogP contribution is -1.95. The van der Waals surface area contributed by atoms with Gasteiger partial charge in [-0.25, -0.2) is 0 Å². The van der Waals surface area contributed by atoms with Gasteiger partial charge in [0.25, 0.3) is 0 Å². The van der Waals surface area contributed by atoms with Gasteiger partial charge in [-0.15, -0.1) is 0 Å². The summed E-state index contributed by atoms with van der Waals surface area (Å²) in [4.78, 5) is 10.3. The lowest BCUT2D eigenvalue weighted by Gasteiger charge is -2.01. The molecule has 0 rings (SSSR count). The Hall–Kier alpha value is -0.990. The molecule has 0 fully saturated rings. The van der Waals surface area contributed by atoms with Crippen LogP contribution in [-0.2, 0) is 4.79 Å². The van der Waals surface area contributed by atoms with Crippen molar-refractivity contribution in [2.75, 3.05) is 0 Å². The highest BCUT2D eigenvalue weighted by molar-refractivity contribution is 5.66.